The van der Waals surface area contributed by atoms with Crippen LogP contribution < -0.4 is 0 Å². The smallest absolute Gasteiger partial charge is 0.0927 e. The van der Waals surface area contributed by atoms with Gasteiger partial charge in [-0.1, -0.05) is 57.0 Å². The van der Waals surface area contributed by atoms with Crippen LogP contribution in [0.25, 0.3) is 0 Å². The maximum Gasteiger partial charge on any atom is 0.0927 e. The maximum atomic E-state index is 5.76. The fourth-order valence-corrected chi connectivity index (χ4v) is 2.17. The van der Waals surface area contributed by atoms with E-state index in [9.17, 15) is 0 Å². The van der Waals surface area contributed by atoms with E-state index in [4.69, 9.17) is 4.74 Å². The van der Waals surface area contributed by atoms with Gasteiger partial charge in [-0.3, -0.25) is 0 Å². The first-order valence-electron chi connectivity index (χ1n) is 5.69. The third-order valence-corrected chi connectivity index (χ3v) is 2.93. The molecule has 0 fully saturated rings. The Morgan fingerprint density at radius 3 is 2.33 bits per heavy atom. The molecular formula is C14H21O. The minimum atomic E-state index is -0.127. The summed E-state index contributed by atoms with van der Waals surface area (Å²) in [6.45, 7) is 6.14. The monoisotopic (exact) mass is 205 g/mol. The highest BCUT2D eigenvalue weighted by atomic mass is 16.5. The topological polar surface area (TPSA) is 9.23 Å². The molecule has 1 heteroatoms. The first-order valence-corrected chi connectivity index (χ1v) is 5.69. The molecule has 0 amide bonds. The van der Waals surface area contributed by atoms with Gasteiger partial charge in [-0.05, 0) is 18.4 Å². The highest BCUT2D eigenvalue weighted by molar-refractivity contribution is 5.22. The molecule has 1 unspecified atom stereocenters. The number of hydrogen-bond donors (Lipinski definition) is 0. The molecule has 0 heterocycles. The van der Waals surface area contributed by atoms with Crippen molar-refractivity contribution in [3.05, 3.63) is 42.8 Å². The van der Waals surface area contributed by atoms with E-state index in [1.54, 1.807) is 7.11 Å². The quantitative estimate of drug-likeness (QED) is 0.683. The molecule has 0 saturated carbocycles. The van der Waals surface area contributed by atoms with Crippen LogP contribution in [0.2, 0.25) is 0 Å². The summed E-state index contributed by atoms with van der Waals surface area (Å²) in [5.41, 5.74) is 1.15. The summed E-state index contributed by atoms with van der Waals surface area (Å²) in [5.74, 6) is 0. The molecule has 0 aliphatic heterocycles. The Kier molecular flexibility index (Phi) is 4.83. The third kappa shape index (κ3) is 2.82. The Labute approximate surface area is 93.5 Å². The number of methoxy groups -OCH3 is 1. The van der Waals surface area contributed by atoms with E-state index < -0.39 is 0 Å². The Morgan fingerprint density at radius 1 is 1.20 bits per heavy atom. The van der Waals surface area contributed by atoms with Gasteiger partial charge in [0.15, 0.2) is 0 Å². The molecule has 1 radical (unpaired) electrons. The van der Waals surface area contributed by atoms with Crippen molar-refractivity contribution >= 4 is 0 Å². The normalized spacial score (nSPS) is 11.7. The predicted octanol–water partition coefficient (Wildman–Crippen LogP) is 3.94. The van der Waals surface area contributed by atoms with Gasteiger partial charge < -0.3 is 4.74 Å². The number of rotatable bonds is 6. The standard InChI is InChI=1S/C14H21O/c1-4-11-14(15-3,12-5-2)13-9-7-6-8-10-13/h6-10H,1,4-5,11-12H2,2-3H3. The summed E-state index contributed by atoms with van der Waals surface area (Å²) < 4.78 is 5.76. The van der Waals surface area contributed by atoms with Crippen LogP contribution in [0.1, 0.15) is 38.2 Å². The zero-order valence-electron chi connectivity index (χ0n) is 9.83. The van der Waals surface area contributed by atoms with Crippen molar-refractivity contribution in [2.75, 3.05) is 7.11 Å². The summed E-state index contributed by atoms with van der Waals surface area (Å²) in [4.78, 5) is 0. The number of benzene rings is 1. The molecule has 0 N–H and O–H groups in total. The summed E-state index contributed by atoms with van der Waals surface area (Å²) in [6, 6.07) is 10.5. The van der Waals surface area contributed by atoms with Crippen molar-refractivity contribution < 1.29 is 4.74 Å². The lowest BCUT2D eigenvalue weighted by atomic mass is 9.85. The first kappa shape index (κ1) is 12.3. The molecular weight excluding hydrogens is 184 g/mol. The highest BCUT2D eigenvalue weighted by Gasteiger charge is 2.29. The molecule has 83 valence electrons. The van der Waals surface area contributed by atoms with E-state index in [-0.39, 0.29) is 5.60 Å². The van der Waals surface area contributed by atoms with Gasteiger partial charge in [-0.25, -0.2) is 0 Å². The van der Waals surface area contributed by atoms with Crippen LogP contribution in [0.4, 0.5) is 0 Å². The molecule has 0 saturated heterocycles. The second-order valence-corrected chi connectivity index (χ2v) is 3.92. The molecule has 0 aliphatic carbocycles. The minimum Gasteiger partial charge on any atom is -0.374 e. The van der Waals surface area contributed by atoms with Crippen LogP contribution >= 0.6 is 0 Å². The van der Waals surface area contributed by atoms with Crippen LogP contribution in [0.3, 0.4) is 0 Å². The van der Waals surface area contributed by atoms with Crippen molar-refractivity contribution in [1.29, 1.82) is 0 Å². The number of ether oxygens (including phenoxy) is 1. The molecule has 0 aliphatic rings. The van der Waals surface area contributed by atoms with E-state index in [1.165, 1.54) is 5.56 Å². The third-order valence-electron chi connectivity index (χ3n) is 2.93. The summed E-state index contributed by atoms with van der Waals surface area (Å²) in [7, 11) is 1.80. The van der Waals surface area contributed by atoms with Gasteiger partial charge >= 0.3 is 0 Å². The van der Waals surface area contributed by atoms with Crippen molar-refractivity contribution in [2.24, 2.45) is 0 Å². The number of hydrogen-bond acceptors (Lipinski definition) is 1. The van der Waals surface area contributed by atoms with Gasteiger partial charge in [0, 0.05) is 7.11 Å². The molecule has 1 aromatic rings. The first-order chi connectivity index (χ1) is 7.29. The fourth-order valence-electron chi connectivity index (χ4n) is 2.17. The van der Waals surface area contributed by atoms with Crippen LogP contribution in [-0.4, -0.2) is 7.11 Å². The van der Waals surface area contributed by atoms with Crippen LogP contribution in [0.5, 0.6) is 0 Å². The lowest BCUT2D eigenvalue weighted by Crippen LogP contribution is -2.28. The van der Waals surface area contributed by atoms with Crippen molar-refractivity contribution in [2.45, 2.75) is 38.2 Å². The zero-order chi connectivity index (χ0) is 11.1. The van der Waals surface area contributed by atoms with E-state index in [1.807, 2.05) is 6.07 Å². The molecule has 1 atom stereocenters. The van der Waals surface area contributed by atoms with E-state index in [2.05, 4.69) is 38.1 Å². The molecule has 0 bridgehead atoms. The summed E-state index contributed by atoms with van der Waals surface area (Å²) in [6.07, 6.45) is 4.08. The van der Waals surface area contributed by atoms with Crippen LogP contribution in [0.15, 0.2) is 30.3 Å². The van der Waals surface area contributed by atoms with Crippen LogP contribution in [0, 0.1) is 6.92 Å². The molecule has 1 aromatic carbocycles. The van der Waals surface area contributed by atoms with E-state index >= 15 is 0 Å². The fraction of sp³-hybridized carbons (Fsp3) is 0.500. The largest absolute Gasteiger partial charge is 0.374 e. The molecule has 1 nitrogen and oxygen atoms in total. The maximum absolute atomic E-state index is 5.76. The van der Waals surface area contributed by atoms with E-state index in [0.717, 1.165) is 25.7 Å². The van der Waals surface area contributed by atoms with Gasteiger partial charge in [-0.15, -0.1) is 0 Å². The SMILES string of the molecule is [CH2]CCC(CCC)(OC)c1ccccc1. The lowest BCUT2D eigenvalue weighted by molar-refractivity contribution is -0.0295. The Bertz CT molecular complexity index is 260. The molecule has 15 heavy (non-hydrogen) atoms. The average molecular weight is 205 g/mol. The second kappa shape index (κ2) is 5.92. The summed E-state index contributed by atoms with van der Waals surface area (Å²) in [5, 5.41) is 0. The zero-order valence-corrected chi connectivity index (χ0v) is 9.83. The van der Waals surface area contributed by atoms with Crippen LogP contribution in [-0.2, 0) is 10.3 Å². The van der Waals surface area contributed by atoms with Gasteiger partial charge in [0.1, 0.15) is 0 Å². The van der Waals surface area contributed by atoms with Crippen molar-refractivity contribution in [3.63, 3.8) is 0 Å². The Morgan fingerprint density at radius 2 is 1.87 bits per heavy atom. The van der Waals surface area contributed by atoms with Crippen molar-refractivity contribution in [3.8, 4) is 0 Å². The Hall–Kier alpha value is -0.820. The van der Waals surface area contributed by atoms with Crippen molar-refractivity contribution in [1.82, 2.24) is 0 Å². The molecule has 0 spiro atoms. The molecule has 1 rings (SSSR count). The van der Waals surface area contributed by atoms with Gasteiger partial charge in [0.05, 0.1) is 5.60 Å². The lowest BCUT2D eigenvalue weighted by Gasteiger charge is -2.32. The van der Waals surface area contributed by atoms with Gasteiger partial charge in [0.2, 0.25) is 0 Å². The highest BCUT2D eigenvalue weighted by Crippen LogP contribution is 2.34. The summed E-state index contributed by atoms with van der Waals surface area (Å²) >= 11 is 0. The predicted molar refractivity (Wildman–Crippen MR) is 64.6 cm³/mol. The minimum absolute atomic E-state index is 0.127. The van der Waals surface area contributed by atoms with Gasteiger partial charge in [-0.2, -0.15) is 0 Å². The Balaban J connectivity index is 2.97. The van der Waals surface area contributed by atoms with E-state index in [0.29, 0.717) is 0 Å². The second-order valence-electron chi connectivity index (χ2n) is 3.92. The van der Waals surface area contributed by atoms with Gasteiger partial charge in [0.25, 0.3) is 0 Å². The molecule has 0 aromatic heterocycles. The average Bonchev–Trinajstić information content (AvgIpc) is 2.30.